The molecule has 4 nitrogen and oxygen atoms in total. The molecule has 7 aromatic carbocycles. The maximum Gasteiger partial charge on any atom is 0.161 e. The van der Waals surface area contributed by atoms with Crippen LogP contribution in [0.25, 0.3) is 99.1 Å². The van der Waals surface area contributed by atoms with Gasteiger partial charge in [-0.2, -0.15) is 0 Å². The average molecular weight is 721 g/mol. The lowest BCUT2D eigenvalue weighted by molar-refractivity contribution is 1.18. The molecule has 3 aromatic heterocycles. The van der Waals surface area contributed by atoms with Crippen LogP contribution in [0.1, 0.15) is 0 Å². The van der Waals surface area contributed by atoms with Gasteiger partial charge in [-0.15, -0.1) is 11.3 Å². The van der Waals surface area contributed by atoms with E-state index in [1.807, 2.05) is 48.5 Å². The zero-order chi connectivity index (χ0) is 36.6. The first-order valence-electron chi connectivity index (χ1n) is 18.3. The van der Waals surface area contributed by atoms with Crippen molar-refractivity contribution in [2.24, 2.45) is 0 Å². The molecule has 0 bridgehead atoms. The molecular weight excluding hydrogens is 689 g/mol. The second-order valence-electron chi connectivity index (χ2n) is 13.5. The van der Waals surface area contributed by atoms with Gasteiger partial charge in [-0.25, -0.2) is 19.9 Å². The van der Waals surface area contributed by atoms with Gasteiger partial charge in [0.1, 0.15) is 0 Å². The number of benzene rings is 7. The van der Waals surface area contributed by atoms with Crippen molar-refractivity contribution < 1.29 is 0 Å². The Kier molecular flexibility index (Phi) is 8.32. The number of aromatic nitrogens is 4. The minimum absolute atomic E-state index is 0.701. The maximum absolute atomic E-state index is 5.15. The Morgan fingerprint density at radius 2 is 0.727 bits per heavy atom. The number of thiophene rings is 1. The molecule has 10 aromatic rings. The SMILES string of the molecule is c1ccc(-c2cc(-c3ccccc3)nc(-c3ccc(-c4ccc5sc6c(-c7nc(-c8ccccc8)cc(-c8ccccc8)n7)cccc6c5c4)cc3)n2)cc1. The van der Waals surface area contributed by atoms with Crippen molar-refractivity contribution in [1.29, 1.82) is 0 Å². The standard InChI is InChI=1S/C50H32N4S/c1-5-14-34(15-6-1)43-31-44(35-16-7-2-8-17-35)52-49(51-43)38-26-24-33(25-27-38)39-28-29-47-42(30-39)40-22-13-23-41(48(40)55-47)50-53-45(36-18-9-3-10-19-36)32-46(54-50)37-20-11-4-12-21-37/h1-32H. The van der Waals surface area contributed by atoms with Gasteiger partial charge in [-0.05, 0) is 41.5 Å². The molecule has 0 aliphatic rings. The minimum atomic E-state index is 0.701. The smallest absolute Gasteiger partial charge is 0.161 e. The summed E-state index contributed by atoms with van der Waals surface area (Å²) in [5.41, 5.74) is 12.2. The van der Waals surface area contributed by atoms with Crippen LogP contribution in [0.5, 0.6) is 0 Å². The average Bonchev–Trinajstić information content (AvgIpc) is 3.66. The molecule has 0 unspecified atom stereocenters. The van der Waals surface area contributed by atoms with Crippen LogP contribution in [0.15, 0.2) is 194 Å². The van der Waals surface area contributed by atoms with Crippen molar-refractivity contribution in [2.45, 2.75) is 0 Å². The van der Waals surface area contributed by atoms with Gasteiger partial charge in [0, 0.05) is 53.6 Å². The molecule has 55 heavy (non-hydrogen) atoms. The number of hydrogen-bond donors (Lipinski definition) is 0. The number of rotatable bonds is 7. The van der Waals surface area contributed by atoms with Crippen LogP contribution in [-0.2, 0) is 0 Å². The second kappa shape index (κ2) is 14.0. The normalized spacial score (nSPS) is 11.3. The molecule has 0 saturated heterocycles. The quantitative estimate of drug-likeness (QED) is 0.164. The molecule has 0 saturated carbocycles. The van der Waals surface area contributed by atoms with E-state index >= 15 is 0 Å². The van der Waals surface area contributed by atoms with Crippen LogP contribution in [0.4, 0.5) is 0 Å². The summed E-state index contributed by atoms with van der Waals surface area (Å²) in [6.45, 7) is 0. The molecule has 0 N–H and O–H groups in total. The van der Waals surface area contributed by atoms with Crippen molar-refractivity contribution in [1.82, 2.24) is 19.9 Å². The van der Waals surface area contributed by atoms with Gasteiger partial charge in [-0.1, -0.05) is 164 Å². The Morgan fingerprint density at radius 3 is 1.22 bits per heavy atom. The van der Waals surface area contributed by atoms with Crippen molar-refractivity contribution in [3.63, 3.8) is 0 Å². The largest absolute Gasteiger partial charge is 0.228 e. The van der Waals surface area contributed by atoms with Gasteiger partial charge in [0.15, 0.2) is 11.6 Å². The Labute approximate surface area is 323 Å². The summed E-state index contributed by atoms with van der Waals surface area (Å²) in [6.07, 6.45) is 0. The Balaban J connectivity index is 1.03. The van der Waals surface area contributed by atoms with Crippen LogP contribution in [-0.4, -0.2) is 19.9 Å². The molecule has 0 aliphatic carbocycles. The lowest BCUT2D eigenvalue weighted by Gasteiger charge is -2.10. The highest BCUT2D eigenvalue weighted by Crippen LogP contribution is 2.41. The summed E-state index contributed by atoms with van der Waals surface area (Å²) in [7, 11) is 0. The van der Waals surface area contributed by atoms with E-state index in [-0.39, 0.29) is 0 Å². The minimum Gasteiger partial charge on any atom is -0.228 e. The fraction of sp³-hybridized carbons (Fsp3) is 0. The zero-order valence-electron chi connectivity index (χ0n) is 29.7. The monoisotopic (exact) mass is 720 g/mol. The van der Waals surface area contributed by atoms with Crippen molar-refractivity contribution in [3.05, 3.63) is 194 Å². The Bertz CT molecular complexity index is 2830. The van der Waals surface area contributed by atoms with E-state index in [4.69, 9.17) is 19.9 Å². The van der Waals surface area contributed by atoms with Gasteiger partial charge in [0.05, 0.1) is 22.8 Å². The van der Waals surface area contributed by atoms with Crippen LogP contribution in [0, 0.1) is 0 Å². The number of fused-ring (bicyclic) bond motifs is 3. The van der Waals surface area contributed by atoms with Crippen LogP contribution >= 0.6 is 11.3 Å². The van der Waals surface area contributed by atoms with Gasteiger partial charge >= 0.3 is 0 Å². The molecule has 0 amide bonds. The molecule has 0 spiro atoms. The van der Waals surface area contributed by atoms with E-state index in [9.17, 15) is 0 Å². The van der Waals surface area contributed by atoms with E-state index in [2.05, 4.69) is 146 Å². The van der Waals surface area contributed by atoms with Crippen molar-refractivity contribution >= 4 is 31.5 Å². The Morgan fingerprint density at radius 1 is 0.291 bits per heavy atom. The third-order valence-electron chi connectivity index (χ3n) is 9.94. The molecular formula is C50H32N4S. The third-order valence-corrected chi connectivity index (χ3v) is 11.2. The third kappa shape index (κ3) is 6.37. The first-order chi connectivity index (χ1) is 27.2. The van der Waals surface area contributed by atoms with E-state index in [1.54, 1.807) is 11.3 Å². The molecule has 0 atom stereocenters. The van der Waals surface area contributed by atoms with Gasteiger partial charge < -0.3 is 0 Å². The van der Waals surface area contributed by atoms with Crippen LogP contribution < -0.4 is 0 Å². The highest BCUT2D eigenvalue weighted by molar-refractivity contribution is 7.26. The molecule has 258 valence electrons. The van der Waals surface area contributed by atoms with E-state index < -0.39 is 0 Å². The van der Waals surface area contributed by atoms with Gasteiger partial charge in [0.2, 0.25) is 0 Å². The molecule has 10 rings (SSSR count). The Hall–Kier alpha value is -7.08. The fourth-order valence-corrected chi connectivity index (χ4v) is 8.33. The second-order valence-corrected chi connectivity index (χ2v) is 14.5. The first kappa shape index (κ1) is 32.6. The molecule has 5 heteroatoms. The number of nitrogens with zero attached hydrogens (tertiary/aromatic N) is 4. The topological polar surface area (TPSA) is 51.6 Å². The summed E-state index contributed by atoms with van der Waals surface area (Å²) in [6, 6.07) is 67.3. The van der Waals surface area contributed by atoms with E-state index in [1.165, 1.54) is 20.2 Å². The highest BCUT2D eigenvalue weighted by Gasteiger charge is 2.17. The molecule has 0 radical (unpaired) electrons. The highest BCUT2D eigenvalue weighted by atomic mass is 32.1. The first-order valence-corrected chi connectivity index (χ1v) is 19.1. The van der Waals surface area contributed by atoms with Gasteiger partial charge in [-0.3, -0.25) is 0 Å². The van der Waals surface area contributed by atoms with Gasteiger partial charge in [0.25, 0.3) is 0 Å². The predicted molar refractivity (Wildman–Crippen MR) is 229 cm³/mol. The maximum atomic E-state index is 5.15. The molecule has 3 heterocycles. The molecule has 0 fully saturated rings. The van der Waals surface area contributed by atoms with E-state index in [0.717, 1.165) is 73.1 Å². The fourth-order valence-electron chi connectivity index (χ4n) is 7.14. The summed E-state index contributed by atoms with van der Waals surface area (Å²) in [5.74, 6) is 1.43. The summed E-state index contributed by atoms with van der Waals surface area (Å²) in [4.78, 5) is 20.4. The molecule has 0 aliphatic heterocycles. The lowest BCUT2D eigenvalue weighted by atomic mass is 10.0. The summed E-state index contributed by atoms with van der Waals surface area (Å²) < 4.78 is 2.41. The van der Waals surface area contributed by atoms with Crippen molar-refractivity contribution in [2.75, 3.05) is 0 Å². The van der Waals surface area contributed by atoms with Crippen LogP contribution in [0.3, 0.4) is 0 Å². The van der Waals surface area contributed by atoms with Crippen molar-refractivity contribution in [3.8, 4) is 78.9 Å². The summed E-state index contributed by atoms with van der Waals surface area (Å²) >= 11 is 1.79. The lowest BCUT2D eigenvalue weighted by Crippen LogP contribution is -1.96. The zero-order valence-corrected chi connectivity index (χ0v) is 30.5. The van der Waals surface area contributed by atoms with Crippen LogP contribution in [0.2, 0.25) is 0 Å². The summed E-state index contributed by atoms with van der Waals surface area (Å²) in [5, 5.41) is 2.42. The van der Waals surface area contributed by atoms with E-state index in [0.29, 0.717) is 5.82 Å². The predicted octanol–water partition coefficient (Wildman–Crippen LogP) is 13.3. The number of hydrogen-bond acceptors (Lipinski definition) is 5.